The van der Waals surface area contributed by atoms with Gasteiger partial charge in [-0.3, -0.25) is 0 Å². The number of para-hydroxylation sites is 1. The second-order valence-corrected chi connectivity index (χ2v) is 5.03. The van der Waals surface area contributed by atoms with Crippen molar-refractivity contribution < 1.29 is 14.6 Å². The summed E-state index contributed by atoms with van der Waals surface area (Å²) in [5.74, 6) is -0.190. The van der Waals surface area contributed by atoms with Gasteiger partial charge in [0, 0.05) is 17.6 Å². The summed E-state index contributed by atoms with van der Waals surface area (Å²) in [6.45, 7) is 2.35. The highest BCUT2D eigenvalue weighted by Crippen LogP contribution is 2.21. The number of benzene rings is 2. The zero-order valence-corrected chi connectivity index (χ0v) is 12.7. The Hall–Kier alpha value is -2.55. The molecule has 0 saturated carbocycles. The molecule has 2 rings (SSSR count). The molecular weight excluding hydrogens is 276 g/mol. The van der Waals surface area contributed by atoms with Gasteiger partial charge in [-0.05, 0) is 24.1 Å². The average molecular weight is 296 g/mol. The minimum atomic E-state index is -0.339. The van der Waals surface area contributed by atoms with E-state index < -0.39 is 0 Å². The van der Waals surface area contributed by atoms with Crippen molar-refractivity contribution in [3.05, 3.63) is 71.3 Å². The van der Waals surface area contributed by atoms with E-state index in [-0.39, 0.29) is 11.7 Å². The summed E-state index contributed by atoms with van der Waals surface area (Å²) in [5.41, 5.74) is 2.17. The Morgan fingerprint density at radius 3 is 2.45 bits per heavy atom. The molecule has 0 aliphatic heterocycles. The fourth-order valence-electron chi connectivity index (χ4n) is 2.08. The highest BCUT2D eigenvalue weighted by Gasteiger charge is 2.13. The van der Waals surface area contributed by atoms with Crippen molar-refractivity contribution in [1.29, 1.82) is 0 Å². The first kappa shape index (κ1) is 15.8. The number of aromatic hydroxyl groups is 1. The molecule has 0 bridgehead atoms. The zero-order valence-electron chi connectivity index (χ0n) is 12.7. The predicted molar refractivity (Wildman–Crippen MR) is 87.5 cm³/mol. The molecule has 0 atom stereocenters. The van der Waals surface area contributed by atoms with Crippen LogP contribution in [0.25, 0.3) is 6.08 Å². The molecule has 114 valence electrons. The van der Waals surface area contributed by atoms with Gasteiger partial charge in [0.05, 0.1) is 6.61 Å². The molecule has 0 saturated heterocycles. The van der Waals surface area contributed by atoms with E-state index in [9.17, 15) is 9.90 Å². The maximum atomic E-state index is 12.3. The van der Waals surface area contributed by atoms with Gasteiger partial charge < -0.3 is 9.84 Å². The highest BCUT2D eigenvalue weighted by molar-refractivity contribution is 5.94. The lowest BCUT2D eigenvalue weighted by molar-refractivity contribution is -0.139. The van der Waals surface area contributed by atoms with Crippen molar-refractivity contribution in [3.63, 3.8) is 0 Å². The van der Waals surface area contributed by atoms with Crippen molar-refractivity contribution >= 4 is 12.0 Å². The van der Waals surface area contributed by atoms with Gasteiger partial charge in [-0.15, -0.1) is 0 Å². The summed E-state index contributed by atoms with van der Waals surface area (Å²) in [5, 5.41) is 9.89. The van der Waals surface area contributed by atoms with E-state index in [2.05, 4.69) is 0 Å². The molecule has 3 heteroatoms. The molecule has 0 heterocycles. The first-order chi connectivity index (χ1) is 10.7. The third kappa shape index (κ3) is 4.48. The molecule has 1 N–H and O–H groups in total. The molecule has 0 aliphatic rings. The molecule has 3 nitrogen and oxygen atoms in total. The lowest BCUT2D eigenvalue weighted by Gasteiger charge is -2.09. The molecule has 0 unspecified atom stereocenters. The zero-order chi connectivity index (χ0) is 15.8. The monoisotopic (exact) mass is 296 g/mol. The molecule has 0 spiro atoms. The van der Waals surface area contributed by atoms with Crippen LogP contribution in [0.3, 0.4) is 0 Å². The van der Waals surface area contributed by atoms with Gasteiger partial charge in [0.2, 0.25) is 0 Å². The molecule has 0 aromatic heterocycles. The van der Waals surface area contributed by atoms with Gasteiger partial charge in [0.15, 0.2) is 0 Å². The largest absolute Gasteiger partial charge is 0.507 e. The van der Waals surface area contributed by atoms with Gasteiger partial charge in [-0.25, -0.2) is 4.79 Å². The van der Waals surface area contributed by atoms with E-state index in [1.807, 2.05) is 43.3 Å². The molecule has 2 aromatic carbocycles. The summed E-state index contributed by atoms with van der Waals surface area (Å²) in [6.07, 6.45) is 2.94. The fourth-order valence-corrected chi connectivity index (χ4v) is 2.08. The Morgan fingerprint density at radius 2 is 1.77 bits per heavy atom. The van der Waals surface area contributed by atoms with Crippen LogP contribution in [0.2, 0.25) is 0 Å². The van der Waals surface area contributed by atoms with Crippen LogP contribution in [-0.4, -0.2) is 17.7 Å². The van der Waals surface area contributed by atoms with Gasteiger partial charge in [-0.2, -0.15) is 0 Å². The minimum Gasteiger partial charge on any atom is -0.507 e. The van der Waals surface area contributed by atoms with Crippen LogP contribution in [0, 0.1) is 0 Å². The van der Waals surface area contributed by atoms with Crippen LogP contribution in [0.5, 0.6) is 5.75 Å². The summed E-state index contributed by atoms with van der Waals surface area (Å²) in [6, 6.07) is 16.7. The second kappa shape index (κ2) is 8.03. The molecule has 0 radical (unpaired) electrons. The fraction of sp³-hybridized carbons (Fsp3) is 0.211. The molecule has 22 heavy (non-hydrogen) atoms. The topological polar surface area (TPSA) is 46.5 Å². The van der Waals surface area contributed by atoms with E-state index >= 15 is 0 Å². The smallest absolute Gasteiger partial charge is 0.334 e. The second-order valence-electron chi connectivity index (χ2n) is 5.03. The van der Waals surface area contributed by atoms with Crippen LogP contribution in [0.15, 0.2) is 60.2 Å². The van der Waals surface area contributed by atoms with E-state index in [0.29, 0.717) is 24.2 Å². The van der Waals surface area contributed by atoms with Crippen molar-refractivity contribution in [2.24, 2.45) is 0 Å². The van der Waals surface area contributed by atoms with E-state index in [0.717, 1.165) is 12.0 Å². The Kier molecular flexibility index (Phi) is 5.78. The van der Waals surface area contributed by atoms with E-state index in [1.54, 1.807) is 24.3 Å². The third-order valence-electron chi connectivity index (χ3n) is 3.20. The van der Waals surface area contributed by atoms with Crippen molar-refractivity contribution in [3.8, 4) is 5.75 Å². The van der Waals surface area contributed by atoms with Crippen LogP contribution < -0.4 is 0 Å². The number of carbonyl (C=O) groups is 1. The first-order valence-electron chi connectivity index (χ1n) is 7.40. The number of ether oxygens (including phenoxy) is 1. The van der Waals surface area contributed by atoms with Gasteiger partial charge in [-0.1, -0.05) is 55.5 Å². The van der Waals surface area contributed by atoms with Gasteiger partial charge >= 0.3 is 5.97 Å². The average Bonchev–Trinajstić information content (AvgIpc) is 2.55. The number of hydrogen-bond acceptors (Lipinski definition) is 3. The Bertz CT molecular complexity index is 645. The number of esters is 1. The van der Waals surface area contributed by atoms with Gasteiger partial charge in [0.25, 0.3) is 0 Å². The number of phenols is 1. The van der Waals surface area contributed by atoms with Crippen LogP contribution in [0.1, 0.15) is 24.5 Å². The summed E-state index contributed by atoms with van der Waals surface area (Å²) in [4.78, 5) is 12.3. The number of hydrogen-bond donors (Lipinski definition) is 1. The SMILES string of the molecule is CCCOC(=O)C(=Cc1ccccc1O)Cc1ccccc1. The quantitative estimate of drug-likeness (QED) is 0.648. The normalized spacial score (nSPS) is 11.2. The Morgan fingerprint density at radius 1 is 1.09 bits per heavy atom. The summed E-state index contributed by atoms with van der Waals surface area (Å²) in [7, 11) is 0. The number of carbonyl (C=O) groups excluding carboxylic acids is 1. The maximum absolute atomic E-state index is 12.3. The van der Waals surface area contributed by atoms with E-state index in [4.69, 9.17) is 4.74 Å². The number of phenolic OH excluding ortho intramolecular Hbond substituents is 1. The molecule has 0 aliphatic carbocycles. The van der Waals surface area contributed by atoms with Crippen LogP contribution >= 0.6 is 0 Å². The standard InChI is InChI=1S/C19H20O3/c1-2-12-22-19(21)17(13-15-8-4-3-5-9-15)14-16-10-6-7-11-18(16)20/h3-11,14,20H,2,12-13H2,1H3. The lowest BCUT2D eigenvalue weighted by Crippen LogP contribution is -2.10. The third-order valence-corrected chi connectivity index (χ3v) is 3.20. The molecule has 0 fully saturated rings. The minimum absolute atomic E-state index is 0.149. The maximum Gasteiger partial charge on any atom is 0.334 e. The van der Waals surface area contributed by atoms with Gasteiger partial charge in [0.1, 0.15) is 5.75 Å². The van der Waals surface area contributed by atoms with E-state index in [1.165, 1.54) is 0 Å². The molecule has 0 amide bonds. The predicted octanol–water partition coefficient (Wildman–Crippen LogP) is 3.97. The molecule has 2 aromatic rings. The Labute approximate surface area is 130 Å². The lowest BCUT2D eigenvalue weighted by atomic mass is 10.0. The summed E-state index contributed by atoms with van der Waals surface area (Å²) >= 11 is 0. The van der Waals surface area contributed by atoms with Crippen LogP contribution in [-0.2, 0) is 16.0 Å². The Balaban J connectivity index is 2.28. The van der Waals surface area contributed by atoms with Crippen molar-refractivity contribution in [1.82, 2.24) is 0 Å². The summed E-state index contributed by atoms with van der Waals surface area (Å²) < 4.78 is 5.25. The highest BCUT2D eigenvalue weighted by atomic mass is 16.5. The molecular formula is C19H20O3. The van der Waals surface area contributed by atoms with Crippen molar-refractivity contribution in [2.75, 3.05) is 6.61 Å². The van der Waals surface area contributed by atoms with Crippen LogP contribution in [0.4, 0.5) is 0 Å². The van der Waals surface area contributed by atoms with Crippen molar-refractivity contribution in [2.45, 2.75) is 19.8 Å². The number of rotatable bonds is 6. The first-order valence-corrected chi connectivity index (χ1v) is 7.40.